The van der Waals surface area contributed by atoms with Crippen molar-refractivity contribution in [3.63, 3.8) is 0 Å². The van der Waals surface area contributed by atoms with E-state index in [1.807, 2.05) is 37.3 Å². The molecule has 0 aliphatic heterocycles. The summed E-state index contributed by atoms with van der Waals surface area (Å²) in [6.45, 7) is 4.57. The second-order valence-corrected chi connectivity index (χ2v) is 5.75. The van der Waals surface area contributed by atoms with Crippen LogP contribution in [0.1, 0.15) is 22.8 Å². The van der Waals surface area contributed by atoms with E-state index in [9.17, 15) is 4.79 Å². The topological polar surface area (TPSA) is 87.6 Å². The molecule has 2 aromatic rings. The predicted molar refractivity (Wildman–Crippen MR) is 107 cm³/mol. The molecule has 144 valence electrons. The van der Waals surface area contributed by atoms with E-state index in [1.54, 1.807) is 25.5 Å². The highest BCUT2D eigenvalue weighted by Gasteiger charge is 2.03. The lowest BCUT2D eigenvalue weighted by atomic mass is 10.1. The zero-order valence-corrected chi connectivity index (χ0v) is 15.9. The van der Waals surface area contributed by atoms with Crippen LogP contribution in [0.15, 0.2) is 53.8 Å². The summed E-state index contributed by atoms with van der Waals surface area (Å²) in [5, 5.41) is 9.10. The molecule has 1 aromatic carbocycles. The number of ether oxygens (including phenoxy) is 1. The molecule has 7 heteroatoms. The van der Waals surface area contributed by atoms with E-state index in [2.05, 4.69) is 25.9 Å². The van der Waals surface area contributed by atoms with E-state index in [1.165, 1.54) is 0 Å². The number of carbonyl (C=O) groups excluding carboxylic acids is 1. The maximum absolute atomic E-state index is 11.7. The molecule has 27 heavy (non-hydrogen) atoms. The van der Waals surface area contributed by atoms with Gasteiger partial charge in [0.25, 0.3) is 5.91 Å². The van der Waals surface area contributed by atoms with Crippen LogP contribution in [-0.2, 0) is 6.42 Å². The number of aromatic nitrogens is 1. The van der Waals surface area contributed by atoms with Crippen molar-refractivity contribution in [3.05, 3.63) is 59.9 Å². The van der Waals surface area contributed by atoms with E-state index in [0.717, 1.165) is 30.2 Å². The van der Waals surface area contributed by atoms with Crippen molar-refractivity contribution in [3.8, 4) is 5.75 Å². The lowest BCUT2D eigenvalue weighted by molar-refractivity contribution is 0.0963. The van der Waals surface area contributed by atoms with Gasteiger partial charge < -0.3 is 20.7 Å². The van der Waals surface area contributed by atoms with Crippen molar-refractivity contribution in [2.75, 3.05) is 33.3 Å². The third-order valence-electron chi connectivity index (χ3n) is 3.73. The highest BCUT2D eigenvalue weighted by Crippen LogP contribution is 2.06. The van der Waals surface area contributed by atoms with Gasteiger partial charge in [0.15, 0.2) is 5.96 Å². The maximum atomic E-state index is 11.7. The molecule has 0 radical (unpaired) electrons. The molecule has 0 aliphatic rings. The first-order valence-electron chi connectivity index (χ1n) is 9.09. The van der Waals surface area contributed by atoms with E-state index < -0.39 is 0 Å². The lowest BCUT2D eigenvalue weighted by Gasteiger charge is -2.12. The molecule has 0 saturated carbocycles. The Bertz CT molecular complexity index is 734. The molecule has 0 unspecified atom stereocenters. The first kappa shape index (κ1) is 20.2. The van der Waals surface area contributed by atoms with Crippen LogP contribution in [-0.4, -0.2) is 50.1 Å². The lowest BCUT2D eigenvalue weighted by Crippen LogP contribution is -2.39. The number of carbonyl (C=O) groups is 1. The highest BCUT2D eigenvalue weighted by atomic mass is 16.5. The number of amides is 1. The first-order chi connectivity index (χ1) is 13.2. The Morgan fingerprint density at radius 2 is 2.11 bits per heavy atom. The third-order valence-corrected chi connectivity index (χ3v) is 3.73. The molecular formula is C20H27N5O2. The molecule has 1 amide bonds. The van der Waals surface area contributed by atoms with Gasteiger partial charge in [0, 0.05) is 31.9 Å². The molecular weight excluding hydrogens is 342 g/mol. The molecule has 0 saturated heterocycles. The van der Waals surface area contributed by atoms with Crippen molar-refractivity contribution in [2.24, 2.45) is 4.99 Å². The van der Waals surface area contributed by atoms with Crippen molar-refractivity contribution in [1.82, 2.24) is 20.9 Å². The van der Waals surface area contributed by atoms with Gasteiger partial charge in [-0.2, -0.15) is 0 Å². The second kappa shape index (κ2) is 11.5. The van der Waals surface area contributed by atoms with Crippen LogP contribution >= 0.6 is 0 Å². The number of pyridine rings is 1. The smallest absolute Gasteiger partial charge is 0.251 e. The zero-order valence-electron chi connectivity index (χ0n) is 15.9. The van der Waals surface area contributed by atoms with E-state index >= 15 is 0 Å². The average Bonchev–Trinajstić information content (AvgIpc) is 2.71. The summed E-state index contributed by atoms with van der Waals surface area (Å²) < 4.78 is 5.61. The van der Waals surface area contributed by atoms with Crippen molar-refractivity contribution in [2.45, 2.75) is 13.3 Å². The number of aliphatic imine (C=N–C) groups is 1. The third kappa shape index (κ3) is 7.35. The van der Waals surface area contributed by atoms with Crippen LogP contribution in [0.4, 0.5) is 0 Å². The number of guanidine groups is 1. The number of hydrogen-bond acceptors (Lipinski definition) is 4. The molecule has 1 heterocycles. The fraction of sp³-hybridized carbons (Fsp3) is 0.350. The first-order valence-corrected chi connectivity index (χ1v) is 9.09. The van der Waals surface area contributed by atoms with Crippen molar-refractivity contribution >= 4 is 11.9 Å². The SMILES string of the molecule is CCNC(=NCCc1cccc(C(=O)NC)c1)NCCOc1cccnc1. The van der Waals surface area contributed by atoms with Crippen LogP contribution in [0.3, 0.4) is 0 Å². The molecule has 3 N–H and O–H groups in total. The van der Waals surface area contributed by atoms with Crippen LogP contribution in [0.25, 0.3) is 0 Å². The molecule has 1 aromatic heterocycles. The Balaban J connectivity index is 1.79. The Hall–Kier alpha value is -3.09. The Kier molecular flexibility index (Phi) is 8.62. The van der Waals surface area contributed by atoms with Gasteiger partial charge in [0.1, 0.15) is 12.4 Å². The summed E-state index contributed by atoms with van der Waals surface area (Å²) in [6, 6.07) is 11.3. The minimum absolute atomic E-state index is 0.0797. The van der Waals surface area contributed by atoms with Gasteiger partial charge in [0.2, 0.25) is 0 Å². The fourth-order valence-corrected chi connectivity index (χ4v) is 2.42. The summed E-state index contributed by atoms with van der Waals surface area (Å²) in [6.07, 6.45) is 4.16. The molecule has 2 rings (SSSR count). The maximum Gasteiger partial charge on any atom is 0.251 e. The largest absolute Gasteiger partial charge is 0.490 e. The van der Waals surface area contributed by atoms with E-state index in [-0.39, 0.29) is 5.91 Å². The number of hydrogen-bond donors (Lipinski definition) is 3. The van der Waals surface area contributed by atoms with Gasteiger partial charge >= 0.3 is 0 Å². The molecule has 0 bridgehead atoms. The molecule has 0 fully saturated rings. The highest BCUT2D eigenvalue weighted by molar-refractivity contribution is 5.94. The average molecular weight is 369 g/mol. The minimum atomic E-state index is -0.0797. The van der Waals surface area contributed by atoms with E-state index in [0.29, 0.717) is 25.3 Å². The summed E-state index contributed by atoms with van der Waals surface area (Å²) in [4.78, 5) is 20.3. The van der Waals surface area contributed by atoms with E-state index in [4.69, 9.17) is 4.74 Å². The molecule has 0 spiro atoms. The fourth-order valence-electron chi connectivity index (χ4n) is 2.42. The number of rotatable bonds is 9. The van der Waals surface area contributed by atoms with Crippen molar-refractivity contribution in [1.29, 1.82) is 0 Å². The number of nitrogens with one attached hydrogen (secondary N) is 3. The van der Waals surface area contributed by atoms with Crippen LogP contribution < -0.4 is 20.7 Å². The van der Waals surface area contributed by atoms with Gasteiger partial charge in [-0.1, -0.05) is 12.1 Å². The summed E-state index contributed by atoms with van der Waals surface area (Å²) in [5.74, 6) is 1.41. The second-order valence-electron chi connectivity index (χ2n) is 5.75. The summed E-state index contributed by atoms with van der Waals surface area (Å²) in [7, 11) is 1.63. The quantitative estimate of drug-likeness (QED) is 0.355. The van der Waals surface area contributed by atoms with Gasteiger partial charge in [0.05, 0.1) is 12.7 Å². The van der Waals surface area contributed by atoms with Gasteiger partial charge in [-0.05, 0) is 43.2 Å². The number of benzene rings is 1. The summed E-state index contributed by atoms with van der Waals surface area (Å²) >= 11 is 0. The minimum Gasteiger partial charge on any atom is -0.490 e. The van der Waals surface area contributed by atoms with Crippen LogP contribution in [0.5, 0.6) is 5.75 Å². The van der Waals surface area contributed by atoms with Crippen molar-refractivity contribution < 1.29 is 9.53 Å². The van der Waals surface area contributed by atoms with Gasteiger partial charge in [-0.15, -0.1) is 0 Å². The standard InChI is InChI=1S/C20H27N5O2/c1-3-23-20(25-12-13-27-18-8-5-10-22-15-18)24-11-9-16-6-4-7-17(14-16)19(26)21-2/h4-8,10,14-15H,3,9,11-13H2,1-2H3,(H,21,26)(H2,23,24,25). The predicted octanol–water partition coefficient (Wildman–Crippen LogP) is 1.62. The monoisotopic (exact) mass is 369 g/mol. The van der Waals surface area contributed by atoms with Gasteiger partial charge in [-0.3, -0.25) is 14.8 Å². The Morgan fingerprint density at radius 3 is 2.85 bits per heavy atom. The summed E-state index contributed by atoms with van der Waals surface area (Å²) in [5.41, 5.74) is 1.74. The Labute approximate surface area is 160 Å². The van der Waals surface area contributed by atoms with Crippen LogP contribution in [0, 0.1) is 0 Å². The normalized spacial score (nSPS) is 11.0. The Morgan fingerprint density at radius 1 is 1.22 bits per heavy atom. The number of nitrogens with zero attached hydrogens (tertiary/aromatic N) is 2. The zero-order chi connectivity index (χ0) is 19.3. The van der Waals surface area contributed by atoms with Crippen LogP contribution in [0.2, 0.25) is 0 Å². The molecule has 0 aliphatic carbocycles. The molecule has 7 nitrogen and oxygen atoms in total. The van der Waals surface area contributed by atoms with Gasteiger partial charge in [-0.25, -0.2) is 0 Å². The molecule has 0 atom stereocenters.